The minimum atomic E-state index is -3.27. The smallest absolute Gasteiger partial charge is 0.211 e. The first-order valence-corrected chi connectivity index (χ1v) is 10.5. The average molecular weight is 375 g/mol. The van der Waals surface area contributed by atoms with Gasteiger partial charge < -0.3 is 5.11 Å². The minimum absolute atomic E-state index is 0.0173. The summed E-state index contributed by atoms with van der Waals surface area (Å²) in [6.07, 6.45) is 2.96. The lowest BCUT2D eigenvalue weighted by molar-refractivity contribution is -0.0552. The number of sulfonamides is 1. The molecule has 0 bridgehead atoms. The van der Waals surface area contributed by atoms with E-state index >= 15 is 0 Å². The van der Waals surface area contributed by atoms with Crippen LogP contribution in [0.2, 0.25) is 0 Å². The largest absolute Gasteiger partial charge is 0.395 e. The number of pyridine rings is 1. The molecule has 3 atom stereocenters. The second-order valence-corrected chi connectivity index (χ2v) is 8.88. The number of likely N-dealkylation sites (N-methyl/N-ethyl adjacent to an activating group) is 1. The highest BCUT2D eigenvalue weighted by Gasteiger charge is 2.49. The molecule has 7 heteroatoms. The molecule has 140 valence electrons. The van der Waals surface area contributed by atoms with E-state index in [0.29, 0.717) is 13.1 Å². The SMILES string of the molecule is CN(C[C@@H]1[C@H](c2ccccc2)[C@@H](CO)N1Cc1ccccn1)S(C)(=O)=O. The van der Waals surface area contributed by atoms with E-state index in [0.717, 1.165) is 11.3 Å². The second-order valence-electron chi connectivity index (χ2n) is 6.79. The van der Waals surface area contributed by atoms with E-state index in [4.69, 9.17) is 0 Å². The average Bonchev–Trinajstić information content (AvgIpc) is 2.63. The molecule has 0 unspecified atom stereocenters. The van der Waals surface area contributed by atoms with E-state index in [1.807, 2.05) is 48.5 Å². The van der Waals surface area contributed by atoms with E-state index < -0.39 is 10.0 Å². The number of nitrogens with zero attached hydrogens (tertiary/aromatic N) is 3. The van der Waals surface area contributed by atoms with E-state index in [-0.39, 0.29) is 24.6 Å². The Kier molecular flexibility index (Phi) is 5.72. The van der Waals surface area contributed by atoms with Crippen LogP contribution in [0.5, 0.6) is 0 Å². The van der Waals surface area contributed by atoms with Crippen LogP contribution in [0.3, 0.4) is 0 Å². The summed E-state index contributed by atoms with van der Waals surface area (Å²) in [6, 6.07) is 15.7. The molecular formula is C19H25N3O3S. The molecule has 2 aromatic rings. The summed E-state index contributed by atoms with van der Waals surface area (Å²) in [5, 5.41) is 9.98. The van der Waals surface area contributed by atoms with Crippen LogP contribution in [0.4, 0.5) is 0 Å². The Labute approximate surface area is 155 Å². The van der Waals surface area contributed by atoms with Gasteiger partial charge in [-0.15, -0.1) is 0 Å². The summed E-state index contributed by atoms with van der Waals surface area (Å²) in [6.45, 7) is 0.977. The van der Waals surface area contributed by atoms with Crippen molar-refractivity contribution in [2.45, 2.75) is 24.5 Å². The molecule has 1 saturated heterocycles. The Morgan fingerprint density at radius 3 is 2.38 bits per heavy atom. The molecule has 0 saturated carbocycles. The molecule has 6 nitrogen and oxygen atoms in total. The molecule has 1 aliphatic rings. The van der Waals surface area contributed by atoms with E-state index in [2.05, 4.69) is 9.88 Å². The van der Waals surface area contributed by atoms with E-state index in [1.54, 1.807) is 13.2 Å². The Morgan fingerprint density at radius 1 is 1.12 bits per heavy atom. The van der Waals surface area contributed by atoms with Gasteiger partial charge >= 0.3 is 0 Å². The molecule has 0 radical (unpaired) electrons. The van der Waals surface area contributed by atoms with Crippen molar-refractivity contribution in [1.29, 1.82) is 0 Å². The van der Waals surface area contributed by atoms with Crippen LogP contribution in [0.1, 0.15) is 17.2 Å². The fourth-order valence-corrected chi connectivity index (χ4v) is 4.11. The highest BCUT2D eigenvalue weighted by atomic mass is 32.2. The second kappa shape index (κ2) is 7.84. The number of likely N-dealkylation sites (tertiary alicyclic amines) is 1. The lowest BCUT2D eigenvalue weighted by atomic mass is 9.75. The van der Waals surface area contributed by atoms with Gasteiger partial charge in [0.2, 0.25) is 10.0 Å². The highest BCUT2D eigenvalue weighted by Crippen LogP contribution is 2.41. The molecule has 1 fully saturated rings. The molecule has 0 spiro atoms. The topological polar surface area (TPSA) is 73.7 Å². The Morgan fingerprint density at radius 2 is 1.81 bits per heavy atom. The molecular weight excluding hydrogens is 350 g/mol. The summed E-state index contributed by atoms with van der Waals surface area (Å²) in [7, 11) is -1.67. The van der Waals surface area contributed by atoms with Gasteiger partial charge in [-0.05, 0) is 17.7 Å². The number of aliphatic hydroxyl groups excluding tert-OH is 1. The van der Waals surface area contributed by atoms with Crippen LogP contribution in [-0.4, -0.2) is 66.3 Å². The Hall–Kier alpha value is -1.80. The van der Waals surface area contributed by atoms with Crippen molar-refractivity contribution < 1.29 is 13.5 Å². The minimum Gasteiger partial charge on any atom is -0.395 e. The van der Waals surface area contributed by atoms with E-state index in [1.165, 1.54) is 10.6 Å². The van der Waals surface area contributed by atoms with Gasteiger partial charge in [0.25, 0.3) is 0 Å². The van der Waals surface area contributed by atoms with Gasteiger partial charge in [-0.2, -0.15) is 0 Å². The van der Waals surface area contributed by atoms with Crippen molar-refractivity contribution in [2.75, 3.05) is 26.5 Å². The maximum atomic E-state index is 11.9. The quantitative estimate of drug-likeness (QED) is 0.790. The molecule has 26 heavy (non-hydrogen) atoms. The predicted molar refractivity (Wildman–Crippen MR) is 101 cm³/mol. The fourth-order valence-electron chi connectivity index (χ4n) is 3.68. The lowest BCUT2D eigenvalue weighted by Gasteiger charge is -2.55. The van der Waals surface area contributed by atoms with Crippen molar-refractivity contribution in [3.8, 4) is 0 Å². The number of benzene rings is 1. The first-order valence-electron chi connectivity index (χ1n) is 8.64. The third-order valence-electron chi connectivity index (χ3n) is 5.13. The summed E-state index contributed by atoms with van der Waals surface area (Å²) in [5.74, 6) is 0.0779. The Balaban J connectivity index is 1.88. The standard InChI is InChI=1S/C19H25N3O3S/c1-21(26(2,24)25)13-17-19(15-8-4-3-5-9-15)18(14-23)22(17)12-16-10-6-7-11-20-16/h3-11,17-19,23H,12-14H2,1-2H3/t17-,18-,19+/m1/s1. The zero-order valence-corrected chi connectivity index (χ0v) is 15.9. The zero-order valence-electron chi connectivity index (χ0n) is 15.1. The lowest BCUT2D eigenvalue weighted by Crippen LogP contribution is -2.66. The summed E-state index contributed by atoms with van der Waals surface area (Å²) >= 11 is 0. The van der Waals surface area contributed by atoms with Crippen molar-refractivity contribution in [3.63, 3.8) is 0 Å². The Bertz CT molecular complexity index is 814. The fraction of sp³-hybridized carbons (Fsp3) is 0.421. The van der Waals surface area contributed by atoms with Crippen LogP contribution in [0, 0.1) is 0 Å². The number of aliphatic hydroxyl groups is 1. The molecule has 3 rings (SSSR count). The summed E-state index contributed by atoms with van der Waals surface area (Å²) in [5.41, 5.74) is 2.03. The van der Waals surface area contributed by atoms with Crippen LogP contribution in [0.25, 0.3) is 0 Å². The van der Waals surface area contributed by atoms with Gasteiger partial charge in [-0.3, -0.25) is 9.88 Å². The van der Waals surface area contributed by atoms with Gasteiger partial charge in [0.15, 0.2) is 0 Å². The van der Waals surface area contributed by atoms with Crippen LogP contribution in [-0.2, 0) is 16.6 Å². The van der Waals surface area contributed by atoms with Crippen LogP contribution < -0.4 is 0 Å². The summed E-state index contributed by atoms with van der Waals surface area (Å²) in [4.78, 5) is 6.53. The molecule has 0 aliphatic carbocycles. The molecule has 1 aromatic carbocycles. The third kappa shape index (κ3) is 3.96. The monoisotopic (exact) mass is 375 g/mol. The molecule has 1 N–H and O–H groups in total. The van der Waals surface area contributed by atoms with Gasteiger partial charge in [-0.25, -0.2) is 12.7 Å². The molecule has 1 aliphatic heterocycles. The van der Waals surface area contributed by atoms with Gasteiger partial charge in [0, 0.05) is 44.3 Å². The predicted octanol–water partition coefficient (Wildman–Crippen LogP) is 1.30. The summed E-state index contributed by atoms with van der Waals surface area (Å²) < 4.78 is 25.2. The van der Waals surface area contributed by atoms with Crippen LogP contribution in [0.15, 0.2) is 54.7 Å². The number of hydrogen-bond acceptors (Lipinski definition) is 5. The normalized spacial score (nSPS) is 23.8. The van der Waals surface area contributed by atoms with Gasteiger partial charge in [0.1, 0.15) is 0 Å². The first-order chi connectivity index (χ1) is 12.4. The van der Waals surface area contributed by atoms with E-state index in [9.17, 15) is 13.5 Å². The van der Waals surface area contributed by atoms with Gasteiger partial charge in [-0.1, -0.05) is 36.4 Å². The maximum Gasteiger partial charge on any atom is 0.211 e. The van der Waals surface area contributed by atoms with Gasteiger partial charge in [0.05, 0.1) is 18.6 Å². The van der Waals surface area contributed by atoms with Crippen LogP contribution >= 0.6 is 0 Å². The number of hydrogen-bond donors (Lipinski definition) is 1. The van der Waals surface area contributed by atoms with Crippen molar-refractivity contribution in [1.82, 2.24) is 14.2 Å². The molecule has 2 heterocycles. The molecule has 0 amide bonds. The maximum absolute atomic E-state index is 11.9. The van der Waals surface area contributed by atoms with Crippen molar-refractivity contribution >= 4 is 10.0 Å². The highest BCUT2D eigenvalue weighted by molar-refractivity contribution is 7.88. The van der Waals surface area contributed by atoms with Crippen molar-refractivity contribution in [3.05, 3.63) is 66.0 Å². The first kappa shape index (κ1) is 19.0. The van der Waals surface area contributed by atoms with Crippen molar-refractivity contribution in [2.24, 2.45) is 0 Å². The third-order valence-corrected chi connectivity index (χ3v) is 6.41. The number of aromatic nitrogens is 1. The zero-order chi connectivity index (χ0) is 18.7. The molecule has 1 aromatic heterocycles. The number of rotatable bonds is 7.